The van der Waals surface area contributed by atoms with Crippen molar-refractivity contribution >= 4 is 0 Å². The normalized spacial score (nSPS) is 25.0. The first kappa shape index (κ1) is 13.6. The summed E-state index contributed by atoms with van der Waals surface area (Å²) in [5, 5.41) is 14.1. The first-order valence-corrected chi connectivity index (χ1v) is 6.94. The van der Waals surface area contributed by atoms with Crippen LogP contribution in [0.2, 0.25) is 0 Å². The van der Waals surface area contributed by atoms with Crippen LogP contribution in [0.15, 0.2) is 10.6 Å². The molecule has 0 spiro atoms. The summed E-state index contributed by atoms with van der Waals surface area (Å²) in [6, 6.07) is 2.63. The molecule has 2 atom stereocenters. The molecule has 0 amide bonds. The average molecular weight is 252 g/mol. The largest absolute Gasteiger partial charge is 0.391 e. The first-order valence-electron chi connectivity index (χ1n) is 6.94. The number of hydrogen-bond acceptors (Lipinski definition) is 4. The molecular weight excluding hydrogens is 228 g/mol. The first-order chi connectivity index (χ1) is 8.58. The Bertz CT molecular complexity index is 376. The Morgan fingerprint density at radius 3 is 2.72 bits per heavy atom. The van der Waals surface area contributed by atoms with Crippen LogP contribution in [-0.4, -0.2) is 33.4 Å². The number of nitrogens with zero attached hydrogens (tertiary/aromatic N) is 2. The van der Waals surface area contributed by atoms with E-state index in [0.29, 0.717) is 6.04 Å². The highest BCUT2D eigenvalue weighted by molar-refractivity contribution is 5.03. The molecule has 1 aliphatic rings. The number of hydrogen-bond donors (Lipinski definition) is 1. The fraction of sp³-hybridized carbons (Fsp3) is 0.786. The van der Waals surface area contributed by atoms with Gasteiger partial charge in [0.15, 0.2) is 5.76 Å². The molecule has 0 saturated heterocycles. The summed E-state index contributed by atoms with van der Waals surface area (Å²) < 4.78 is 5.30. The Morgan fingerprint density at radius 2 is 2.17 bits per heavy atom. The molecule has 0 radical (unpaired) electrons. The fourth-order valence-electron chi connectivity index (χ4n) is 2.83. The zero-order valence-electron chi connectivity index (χ0n) is 11.6. The molecule has 1 N–H and O–H groups in total. The Labute approximate surface area is 109 Å². The zero-order valence-corrected chi connectivity index (χ0v) is 11.6. The smallest absolute Gasteiger partial charge is 0.150 e. The van der Waals surface area contributed by atoms with Gasteiger partial charge in [0.05, 0.1) is 18.3 Å². The Hall–Kier alpha value is -0.870. The van der Waals surface area contributed by atoms with E-state index in [9.17, 15) is 5.11 Å². The van der Waals surface area contributed by atoms with E-state index in [1.807, 2.05) is 13.0 Å². The summed E-state index contributed by atoms with van der Waals surface area (Å²) in [5.41, 5.74) is 0.915. The van der Waals surface area contributed by atoms with Crippen LogP contribution in [0.1, 0.15) is 51.0 Å². The quantitative estimate of drug-likeness (QED) is 0.894. The molecule has 4 nitrogen and oxygen atoms in total. The van der Waals surface area contributed by atoms with Crippen molar-refractivity contribution in [3.8, 4) is 0 Å². The summed E-state index contributed by atoms with van der Waals surface area (Å²) >= 11 is 0. The molecule has 0 bridgehead atoms. The summed E-state index contributed by atoms with van der Waals surface area (Å²) in [6.45, 7) is 7.01. The molecule has 0 aliphatic heterocycles. The molecule has 1 aliphatic carbocycles. The third-order valence-corrected chi connectivity index (χ3v) is 3.80. The Balaban J connectivity index is 2.07. The minimum atomic E-state index is -0.204. The lowest BCUT2D eigenvalue weighted by molar-refractivity contribution is -0.00339. The molecule has 0 unspecified atom stereocenters. The van der Waals surface area contributed by atoms with Gasteiger partial charge in [-0.1, -0.05) is 18.0 Å². The second kappa shape index (κ2) is 5.85. The zero-order chi connectivity index (χ0) is 13.1. The number of aromatic nitrogens is 1. The predicted octanol–water partition coefficient (Wildman–Crippen LogP) is 2.50. The van der Waals surface area contributed by atoms with Crippen LogP contribution < -0.4 is 0 Å². The Morgan fingerprint density at radius 1 is 1.44 bits per heavy atom. The molecule has 1 fully saturated rings. The number of rotatable bonds is 4. The van der Waals surface area contributed by atoms with Gasteiger partial charge >= 0.3 is 0 Å². The fourth-order valence-corrected chi connectivity index (χ4v) is 2.83. The van der Waals surface area contributed by atoms with E-state index in [1.165, 1.54) is 6.42 Å². The van der Waals surface area contributed by atoms with Crippen molar-refractivity contribution in [1.29, 1.82) is 0 Å². The lowest BCUT2D eigenvalue weighted by Gasteiger charge is -2.39. The molecule has 0 aromatic carbocycles. The van der Waals surface area contributed by atoms with Crippen LogP contribution in [0.25, 0.3) is 0 Å². The highest BCUT2D eigenvalue weighted by Gasteiger charge is 2.30. The third-order valence-electron chi connectivity index (χ3n) is 3.80. The van der Waals surface area contributed by atoms with Crippen molar-refractivity contribution < 1.29 is 9.63 Å². The second-order valence-electron chi connectivity index (χ2n) is 5.62. The molecular formula is C14H24N2O2. The molecule has 4 heteroatoms. The maximum atomic E-state index is 10.2. The van der Waals surface area contributed by atoms with Gasteiger partial charge in [0.25, 0.3) is 0 Å². The van der Waals surface area contributed by atoms with Gasteiger partial charge in [-0.15, -0.1) is 0 Å². The Kier molecular flexibility index (Phi) is 4.40. The maximum Gasteiger partial charge on any atom is 0.150 e. The summed E-state index contributed by atoms with van der Waals surface area (Å²) in [6.07, 6.45) is 4.14. The van der Waals surface area contributed by atoms with E-state index in [2.05, 4.69) is 23.9 Å². The van der Waals surface area contributed by atoms with E-state index in [0.717, 1.165) is 37.3 Å². The topological polar surface area (TPSA) is 49.5 Å². The summed E-state index contributed by atoms with van der Waals surface area (Å²) in [5.74, 6) is 0.888. The molecule has 1 saturated carbocycles. The van der Waals surface area contributed by atoms with Crippen molar-refractivity contribution in [3.05, 3.63) is 17.5 Å². The molecule has 1 aromatic heterocycles. The summed E-state index contributed by atoms with van der Waals surface area (Å²) in [4.78, 5) is 2.34. The third kappa shape index (κ3) is 3.12. The molecule has 1 aromatic rings. The summed E-state index contributed by atoms with van der Waals surface area (Å²) in [7, 11) is 0. The van der Waals surface area contributed by atoms with Gasteiger partial charge in [0.1, 0.15) is 0 Å². The van der Waals surface area contributed by atoms with Gasteiger partial charge < -0.3 is 9.63 Å². The highest BCUT2D eigenvalue weighted by atomic mass is 16.5. The monoisotopic (exact) mass is 252 g/mol. The van der Waals surface area contributed by atoms with Crippen LogP contribution in [0, 0.1) is 6.92 Å². The SMILES string of the molecule is Cc1cc(CN(C(C)C)[C@@H]2CCCC[C@H]2O)on1. The molecule has 2 rings (SSSR count). The second-order valence-corrected chi connectivity index (χ2v) is 5.62. The van der Waals surface area contributed by atoms with Gasteiger partial charge in [-0.05, 0) is 33.6 Å². The van der Waals surface area contributed by atoms with E-state index in [4.69, 9.17) is 4.52 Å². The minimum absolute atomic E-state index is 0.204. The molecule has 1 heterocycles. The van der Waals surface area contributed by atoms with Crippen LogP contribution in [-0.2, 0) is 6.54 Å². The molecule has 102 valence electrons. The lowest BCUT2D eigenvalue weighted by Crippen LogP contribution is -2.48. The van der Waals surface area contributed by atoms with Crippen molar-refractivity contribution in [2.45, 2.75) is 71.2 Å². The average Bonchev–Trinajstić information content (AvgIpc) is 2.73. The van der Waals surface area contributed by atoms with Crippen LogP contribution in [0.5, 0.6) is 0 Å². The van der Waals surface area contributed by atoms with Crippen molar-refractivity contribution in [3.63, 3.8) is 0 Å². The van der Waals surface area contributed by atoms with E-state index in [-0.39, 0.29) is 12.1 Å². The standard InChI is InChI=1S/C14H24N2O2/c1-10(2)16(9-12-8-11(3)15-18-12)13-6-4-5-7-14(13)17/h8,10,13-14,17H,4-7,9H2,1-3H3/t13-,14-/m1/s1. The van der Waals surface area contributed by atoms with Gasteiger partial charge in [0, 0.05) is 18.2 Å². The maximum absolute atomic E-state index is 10.2. The minimum Gasteiger partial charge on any atom is -0.391 e. The van der Waals surface area contributed by atoms with Gasteiger partial charge in [-0.25, -0.2) is 0 Å². The van der Waals surface area contributed by atoms with E-state index < -0.39 is 0 Å². The number of aliphatic hydroxyl groups excluding tert-OH is 1. The van der Waals surface area contributed by atoms with Crippen molar-refractivity contribution in [2.24, 2.45) is 0 Å². The number of aliphatic hydroxyl groups is 1. The molecule has 18 heavy (non-hydrogen) atoms. The van der Waals surface area contributed by atoms with Crippen LogP contribution in [0.4, 0.5) is 0 Å². The number of aryl methyl sites for hydroxylation is 1. The van der Waals surface area contributed by atoms with Crippen LogP contribution >= 0.6 is 0 Å². The van der Waals surface area contributed by atoms with E-state index >= 15 is 0 Å². The van der Waals surface area contributed by atoms with Crippen molar-refractivity contribution in [2.75, 3.05) is 0 Å². The predicted molar refractivity (Wildman–Crippen MR) is 70.2 cm³/mol. The van der Waals surface area contributed by atoms with E-state index in [1.54, 1.807) is 0 Å². The van der Waals surface area contributed by atoms with Gasteiger partial charge in [-0.3, -0.25) is 4.90 Å². The van der Waals surface area contributed by atoms with Crippen molar-refractivity contribution in [1.82, 2.24) is 10.1 Å². The highest BCUT2D eigenvalue weighted by Crippen LogP contribution is 2.26. The lowest BCUT2D eigenvalue weighted by atomic mass is 9.90. The van der Waals surface area contributed by atoms with Gasteiger partial charge in [-0.2, -0.15) is 0 Å². The van der Waals surface area contributed by atoms with Gasteiger partial charge in [0.2, 0.25) is 0 Å². The van der Waals surface area contributed by atoms with Crippen LogP contribution in [0.3, 0.4) is 0 Å².